The molecule has 1 aromatic rings. The molecule has 198 valence electrons. The van der Waals surface area contributed by atoms with E-state index >= 15 is 0 Å². The van der Waals surface area contributed by atoms with Crippen molar-refractivity contribution in [2.24, 2.45) is 5.92 Å². The number of nitrogens with one attached hydrogen (secondary N) is 2. The number of benzene rings is 1. The number of nitrogens with zero attached hydrogens (tertiary/aromatic N) is 1. The van der Waals surface area contributed by atoms with Gasteiger partial charge in [0.1, 0.15) is 17.7 Å². The van der Waals surface area contributed by atoms with Crippen molar-refractivity contribution in [1.29, 1.82) is 0 Å². The number of hydrogen-bond acceptors (Lipinski definition) is 5. The Bertz CT molecular complexity index is 848. The number of carbonyl (C=O) groups is 3. The van der Waals surface area contributed by atoms with E-state index in [1.807, 2.05) is 45.9 Å². The molecule has 3 amide bonds. The third kappa shape index (κ3) is 9.88. The van der Waals surface area contributed by atoms with Crippen LogP contribution in [0.4, 0.5) is 4.79 Å². The van der Waals surface area contributed by atoms with Crippen LogP contribution in [-0.2, 0) is 14.3 Å². The molecule has 0 bridgehead atoms. The maximum absolute atomic E-state index is 13.8. The normalized spacial score (nSPS) is 13.2. The lowest BCUT2D eigenvalue weighted by molar-refractivity contribution is -0.143. The third-order valence-electron chi connectivity index (χ3n) is 5.72. The summed E-state index contributed by atoms with van der Waals surface area (Å²) >= 11 is 0. The van der Waals surface area contributed by atoms with Crippen molar-refractivity contribution in [2.45, 2.75) is 92.3 Å². The molecule has 0 saturated carbocycles. The number of unbranched alkanes of at least 4 members (excludes halogenated alkanes) is 2. The molecule has 0 aromatic heterocycles. The van der Waals surface area contributed by atoms with Crippen LogP contribution in [0.15, 0.2) is 18.2 Å². The van der Waals surface area contributed by atoms with Gasteiger partial charge in [-0.15, -0.1) is 0 Å². The van der Waals surface area contributed by atoms with Crippen LogP contribution in [0.1, 0.15) is 83.5 Å². The fourth-order valence-electron chi connectivity index (χ4n) is 3.69. The zero-order valence-electron chi connectivity index (χ0n) is 22.7. The highest BCUT2D eigenvalue weighted by atomic mass is 16.6. The van der Waals surface area contributed by atoms with Gasteiger partial charge in [-0.3, -0.25) is 9.59 Å². The second-order valence-corrected chi connectivity index (χ2v) is 10.4. The van der Waals surface area contributed by atoms with E-state index < -0.39 is 29.7 Å². The smallest absolute Gasteiger partial charge is 0.408 e. The number of ether oxygens (including phenoxy) is 1. The number of carbonyl (C=O) groups excluding carboxylic acids is 3. The Morgan fingerprint density at radius 2 is 1.74 bits per heavy atom. The fraction of sp³-hybridized carbons (Fsp3) is 0.667. The van der Waals surface area contributed by atoms with Gasteiger partial charge in [0.15, 0.2) is 0 Å². The molecule has 0 aliphatic rings. The molecule has 8 heteroatoms. The summed E-state index contributed by atoms with van der Waals surface area (Å²) in [6, 6.07) is 3.77. The quantitative estimate of drug-likeness (QED) is 0.383. The average Bonchev–Trinajstić information content (AvgIpc) is 2.75. The first-order valence-corrected chi connectivity index (χ1v) is 12.6. The van der Waals surface area contributed by atoms with Crippen molar-refractivity contribution in [1.82, 2.24) is 15.5 Å². The zero-order chi connectivity index (χ0) is 26.8. The number of hydrogen-bond donors (Lipinski definition) is 3. The van der Waals surface area contributed by atoms with Crippen molar-refractivity contribution in [3.63, 3.8) is 0 Å². The highest BCUT2D eigenvalue weighted by molar-refractivity contribution is 5.92. The summed E-state index contributed by atoms with van der Waals surface area (Å²) in [6.45, 7) is 15.0. The lowest BCUT2D eigenvalue weighted by Crippen LogP contribution is -2.55. The van der Waals surface area contributed by atoms with E-state index in [-0.39, 0.29) is 25.0 Å². The number of aliphatic hydroxyl groups excluding tert-OH is 1. The Kier molecular flexibility index (Phi) is 12.2. The van der Waals surface area contributed by atoms with Crippen molar-refractivity contribution in [2.75, 3.05) is 19.7 Å². The van der Waals surface area contributed by atoms with Crippen molar-refractivity contribution in [3.8, 4) is 0 Å². The summed E-state index contributed by atoms with van der Waals surface area (Å²) in [5.74, 6) is -1.04. The minimum atomic E-state index is -0.947. The van der Waals surface area contributed by atoms with Gasteiger partial charge in [0.25, 0.3) is 0 Å². The molecular weight excluding hydrogens is 446 g/mol. The molecule has 1 aromatic carbocycles. The minimum absolute atomic E-state index is 0.0575. The SMILES string of the molecule is CCCCCNC(=O)C(c1ccc(C)c(C)c1)N(CCO)C(=O)C(NC(=O)OC(C)(C)C)C(C)C. The Hall–Kier alpha value is -2.61. The van der Waals surface area contributed by atoms with Crippen LogP contribution in [-0.4, -0.2) is 59.3 Å². The van der Waals surface area contributed by atoms with Crippen molar-refractivity contribution in [3.05, 3.63) is 34.9 Å². The zero-order valence-corrected chi connectivity index (χ0v) is 22.7. The van der Waals surface area contributed by atoms with Crippen molar-refractivity contribution < 1.29 is 24.2 Å². The molecule has 35 heavy (non-hydrogen) atoms. The molecule has 2 atom stereocenters. The molecule has 0 aliphatic carbocycles. The predicted octanol–water partition coefficient (Wildman–Crippen LogP) is 4.02. The Morgan fingerprint density at radius 3 is 2.26 bits per heavy atom. The van der Waals surface area contributed by atoms with Gasteiger partial charge in [0, 0.05) is 13.1 Å². The van der Waals surface area contributed by atoms with Gasteiger partial charge in [-0.25, -0.2) is 4.79 Å². The molecule has 0 saturated heterocycles. The van der Waals surface area contributed by atoms with Gasteiger partial charge in [-0.05, 0) is 63.6 Å². The standard InChI is InChI=1S/C27H45N3O5/c1-9-10-11-14-28-24(32)23(21-13-12-19(4)20(5)17-21)30(15-16-31)25(33)22(18(2)3)29-26(34)35-27(6,7)8/h12-13,17-18,22-23,31H,9-11,14-16H2,1-8H3,(H,28,32)(H,29,34). The highest BCUT2D eigenvalue weighted by Crippen LogP contribution is 2.25. The molecule has 1 rings (SSSR count). The van der Waals surface area contributed by atoms with Crippen LogP contribution in [0.5, 0.6) is 0 Å². The molecule has 0 aliphatic heterocycles. The monoisotopic (exact) mass is 491 g/mol. The summed E-state index contributed by atoms with van der Waals surface area (Å²) < 4.78 is 5.36. The van der Waals surface area contributed by atoms with E-state index in [0.29, 0.717) is 12.1 Å². The second kappa shape index (κ2) is 14.1. The van der Waals surface area contributed by atoms with Crippen LogP contribution in [0.25, 0.3) is 0 Å². The lowest BCUT2D eigenvalue weighted by Gasteiger charge is -2.35. The summed E-state index contributed by atoms with van der Waals surface area (Å²) in [5, 5.41) is 15.5. The van der Waals surface area contributed by atoms with Gasteiger partial charge >= 0.3 is 6.09 Å². The van der Waals surface area contributed by atoms with Gasteiger partial charge < -0.3 is 25.4 Å². The van der Waals surface area contributed by atoms with Gasteiger partial charge in [0.2, 0.25) is 11.8 Å². The molecule has 2 unspecified atom stereocenters. The van der Waals surface area contributed by atoms with E-state index in [1.165, 1.54) is 4.90 Å². The number of rotatable bonds is 12. The number of amides is 3. The van der Waals surface area contributed by atoms with Crippen LogP contribution >= 0.6 is 0 Å². The first kappa shape index (κ1) is 30.4. The Balaban J connectivity index is 3.37. The number of aryl methyl sites for hydroxylation is 2. The van der Waals surface area contributed by atoms with Gasteiger partial charge in [0.05, 0.1) is 6.61 Å². The van der Waals surface area contributed by atoms with E-state index in [4.69, 9.17) is 4.74 Å². The molecule has 0 radical (unpaired) electrons. The first-order chi connectivity index (χ1) is 16.3. The van der Waals surface area contributed by atoms with Crippen LogP contribution < -0.4 is 10.6 Å². The van der Waals surface area contributed by atoms with Gasteiger partial charge in [-0.1, -0.05) is 51.8 Å². The molecule has 3 N–H and O–H groups in total. The predicted molar refractivity (Wildman–Crippen MR) is 138 cm³/mol. The largest absolute Gasteiger partial charge is 0.444 e. The van der Waals surface area contributed by atoms with E-state index in [9.17, 15) is 19.5 Å². The summed E-state index contributed by atoms with van der Waals surface area (Å²) in [7, 11) is 0. The third-order valence-corrected chi connectivity index (χ3v) is 5.72. The lowest BCUT2D eigenvalue weighted by atomic mass is 9.96. The second-order valence-electron chi connectivity index (χ2n) is 10.4. The highest BCUT2D eigenvalue weighted by Gasteiger charge is 2.37. The van der Waals surface area contributed by atoms with Crippen molar-refractivity contribution >= 4 is 17.9 Å². The molecular formula is C27H45N3O5. The molecule has 8 nitrogen and oxygen atoms in total. The fourth-order valence-corrected chi connectivity index (χ4v) is 3.69. The van der Waals surface area contributed by atoms with Crippen LogP contribution in [0, 0.1) is 19.8 Å². The van der Waals surface area contributed by atoms with E-state index in [0.717, 1.165) is 30.4 Å². The topological polar surface area (TPSA) is 108 Å². The summed E-state index contributed by atoms with van der Waals surface area (Å²) in [6.07, 6.45) is 2.14. The Labute approximate surface area is 210 Å². The molecule has 0 heterocycles. The van der Waals surface area contributed by atoms with E-state index in [1.54, 1.807) is 20.8 Å². The average molecular weight is 492 g/mol. The summed E-state index contributed by atoms with van der Waals surface area (Å²) in [5.41, 5.74) is 2.00. The maximum atomic E-state index is 13.8. The van der Waals surface area contributed by atoms with Gasteiger partial charge in [-0.2, -0.15) is 0 Å². The maximum Gasteiger partial charge on any atom is 0.408 e. The number of alkyl carbamates (subject to hydrolysis) is 1. The minimum Gasteiger partial charge on any atom is -0.444 e. The summed E-state index contributed by atoms with van der Waals surface area (Å²) in [4.78, 5) is 41.1. The first-order valence-electron chi connectivity index (χ1n) is 12.6. The van der Waals surface area contributed by atoms with Crippen LogP contribution in [0.2, 0.25) is 0 Å². The Morgan fingerprint density at radius 1 is 1.09 bits per heavy atom. The number of aliphatic hydroxyl groups is 1. The van der Waals surface area contributed by atoms with Crippen LogP contribution in [0.3, 0.4) is 0 Å². The molecule has 0 fully saturated rings. The van der Waals surface area contributed by atoms with E-state index in [2.05, 4.69) is 17.6 Å². The molecule has 0 spiro atoms.